The predicted molar refractivity (Wildman–Crippen MR) is 242 cm³/mol. The minimum absolute atomic E-state index is 0.0902. The van der Waals surface area contributed by atoms with Crippen LogP contribution in [-0.2, 0) is 28.5 Å². The monoisotopic (exact) mass is 887 g/mol. The number of benzene rings is 4. The van der Waals surface area contributed by atoms with Crippen molar-refractivity contribution >= 4 is 12.0 Å². The van der Waals surface area contributed by atoms with Crippen LogP contribution in [0.5, 0.6) is 17.2 Å². The van der Waals surface area contributed by atoms with Gasteiger partial charge in [0, 0.05) is 57.6 Å². The number of aliphatic hydroxyl groups excluding tert-OH is 1. The summed E-state index contributed by atoms with van der Waals surface area (Å²) >= 11 is 0. The molecular formula is C49H65N3O12. The molecule has 0 bridgehead atoms. The molecule has 1 aliphatic carbocycles. The molecule has 4 aromatic carbocycles. The third kappa shape index (κ3) is 14.4. The van der Waals surface area contributed by atoms with E-state index in [9.17, 15) is 19.8 Å². The standard InChI is InChI=1S/C49H65N3O12/c1-7-61-48(47(54)55)64-44(33(3)57-4)29-50-24-12-25-60-26-23-32(2)28-51-45(53)31-62-35-19-17-34(18-20-35)46(41-22-21-36(58-5)27-43(41)59-6)52-49(56)63-30-42-39-15-10-8-13-37(39)38-14-9-11-16-40(38)42/h8-11,13-22,27,32-33,42,44,46-48,50,54-55H,7,12,23-26,28-31H2,1-6H3,(H,51,53)(H,52,56). The first-order valence-electron chi connectivity index (χ1n) is 21.8. The van der Waals surface area contributed by atoms with Gasteiger partial charge in [-0.1, -0.05) is 67.6 Å². The van der Waals surface area contributed by atoms with E-state index in [-0.39, 0.29) is 43.7 Å². The van der Waals surface area contributed by atoms with Gasteiger partial charge in [-0.15, -0.1) is 0 Å². The summed E-state index contributed by atoms with van der Waals surface area (Å²) in [6.07, 6.45) is -2.72. The molecule has 0 fully saturated rings. The Labute approximate surface area is 376 Å². The Morgan fingerprint density at radius 2 is 1.50 bits per heavy atom. The summed E-state index contributed by atoms with van der Waals surface area (Å²) in [5, 5.41) is 28.4. The van der Waals surface area contributed by atoms with Gasteiger partial charge in [0.1, 0.15) is 23.9 Å². The number of aliphatic hydroxyl groups is 2. The van der Waals surface area contributed by atoms with Crippen molar-refractivity contribution < 1.29 is 57.7 Å². The number of hydrogen-bond donors (Lipinski definition) is 5. The van der Waals surface area contributed by atoms with E-state index in [1.54, 1.807) is 52.5 Å². The molecule has 64 heavy (non-hydrogen) atoms. The van der Waals surface area contributed by atoms with Crippen LogP contribution in [0.3, 0.4) is 0 Å². The van der Waals surface area contributed by atoms with Gasteiger partial charge in [0.2, 0.25) is 12.6 Å². The first kappa shape index (κ1) is 49.8. The number of fused-ring (bicyclic) bond motifs is 3. The van der Waals surface area contributed by atoms with E-state index in [4.69, 9.17) is 37.9 Å². The lowest BCUT2D eigenvalue weighted by atomic mass is 9.97. The molecule has 5 rings (SSSR count). The number of nitrogens with one attached hydrogen (secondary N) is 3. The van der Waals surface area contributed by atoms with Crippen LogP contribution in [0.1, 0.15) is 67.8 Å². The number of carbonyl (C=O) groups excluding carboxylic acids is 2. The Morgan fingerprint density at radius 3 is 2.14 bits per heavy atom. The molecule has 5 unspecified atom stereocenters. The molecule has 1 aliphatic rings. The summed E-state index contributed by atoms with van der Waals surface area (Å²) < 4.78 is 45.1. The van der Waals surface area contributed by atoms with Crippen LogP contribution in [-0.4, -0.2) is 121 Å². The summed E-state index contributed by atoms with van der Waals surface area (Å²) in [5.74, 6) is 1.48. The Morgan fingerprint density at radius 1 is 0.812 bits per heavy atom. The zero-order valence-corrected chi connectivity index (χ0v) is 37.7. The summed E-state index contributed by atoms with van der Waals surface area (Å²) in [6.45, 7) is 8.60. The number of carbonyl (C=O) groups is 2. The quantitative estimate of drug-likeness (QED) is 0.0334. The first-order valence-corrected chi connectivity index (χ1v) is 21.8. The van der Waals surface area contributed by atoms with Crippen molar-refractivity contribution in [2.24, 2.45) is 5.92 Å². The minimum atomic E-state index is -1.76. The lowest BCUT2D eigenvalue weighted by Gasteiger charge is -2.29. The molecule has 15 heteroatoms. The molecule has 0 radical (unpaired) electrons. The van der Waals surface area contributed by atoms with Gasteiger partial charge in [-0.05, 0) is 91.2 Å². The zero-order chi connectivity index (χ0) is 45.8. The van der Waals surface area contributed by atoms with Crippen LogP contribution in [0.25, 0.3) is 11.1 Å². The van der Waals surface area contributed by atoms with Crippen molar-refractivity contribution in [1.29, 1.82) is 0 Å². The Balaban J connectivity index is 1.05. The van der Waals surface area contributed by atoms with Crippen LogP contribution in [0.4, 0.5) is 4.79 Å². The van der Waals surface area contributed by atoms with Gasteiger partial charge in [-0.2, -0.15) is 0 Å². The topological polar surface area (TPSA) is 185 Å². The number of ether oxygens (including phenoxy) is 8. The van der Waals surface area contributed by atoms with Crippen LogP contribution in [0, 0.1) is 5.92 Å². The highest BCUT2D eigenvalue weighted by Crippen LogP contribution is 2.44. The van der Waals surface area contributed by atoms with Gasteiger partial charge < -0.3 is 64.1 Å². The molecule has 5 atom stereocenters. The fraction of sp³-hybridized carbons (Fsp3) is 0.469. The number of rotatable bonds is 28. The maximum atomic E-state index is 13.6. The summed E-state index contributed by atoms with van der Waals surface area (Å²) in [5.41, 5.74) is 5.98. The van der Waals surface area contributed by atoms with E-state index in [0.717, 1.165) is 40.7 Å². The van der Waals surface area contributed by atoms with Crippen molar-refractivity contribution in [3.8, 4) is 28.4 Å². The molecule has 0 aromatic heterocycles. The smallest absolute Gasteiger partial charge is 0.407 e. The third-order valence-electron chi connectivity index (χ3n) is 11.1. The van der Waals surface area contributed by atoms with Crippen molar-refractivity contribution in [3.63, 3.8) is 0 Å². The highest BCUT2D eigenvalue weighted by atomic mass is 16.7. The summed E-state index contributed by atoms with van der Waals surface area (Å²) in [7, 11) is 4.71. The number of hydrogen-bond acceptors (Lipinski definition) is 13. The van der Waals surface area contributed by atoms with Gasteiger partial charge in [0.15, 0.2) is 6.61 Å². The van der Waals surface area contributed by atoms with Crippen LogP contribution in [0.15, 0.2) is 91.0 Å². The van der Waals surface area contributed by atoms with Gasteiger partial charge in [0.25, 0.3) is 5.91 Å². The van der Waals surface area contributed by atoms with Gasteiger partial charge >= 0.3 is 6.09 Å². The molecule has 5 N–H and O–H groups in total. The van der Waals surface area contributed by atoms with E-state index in [2.05, 4.69) is 40.2 Å². The average molecular weight is 888 g/mol. The maximum Gasteiger partial charge on any atom is 0.407 e. The Hall–Kier alpha value is -5.26. The largest absolute Gasteiger partial charge is 0.497 e. The van der Waals surface area contributed by atoms with Crippen LogP contribution >= 0.6 is 0 Å². The molecule has 15 nitrogen and oxygen atoms in total. The van der Waals surface area contributed by atoms with E-state index < -0.39 is 30.8 Å². The summed E-state index contributed by atoms with van der Waals surface area (Å²) in [6, 6.07) is 28.3. The molecule has 0 heterocycles. The molecule has 0 spiro atoms. The molecule has 2 amide bonds. The van der Waals surface area contributed by atoms with Gasteiger partial charge in [-0.3, -0.25) is 4.79 Å². The number of alkyl carbamates (subject to hydrolysis) is 1. The minimum Gasteiger partial charge on any atom is -0.497 e. The highest BCUT2D eigenvalue weighted by Gasteiger charge is 2.30. The van der Waals surface area contributed by atoms with Crippen molar-refractivity contribution in [2.75, 3.05) is 74.0 Å². The zero-order valence-electron chi connectivity index (χ0n) is 37.7. The molecule has 0 saturated carbocycles. The van der Waals surface area contributed by atoms with Crippen molar-refractivity contribution in [3.05, 3.63) is 113 Å². The lowest BCUT2D eigenvalue weighted by molar-refractivity contribution is -0.276. The fourth-order valence-electron chi connectivity index (χ4n) is 7.44. The van der Waals surface area contributed by atoms with Crippen molar-refractivity contribution in [1.82, 2.24) is 16.0 Å². The van der Waals surface area contributed by atoms with E-state index in [1.165, 1.54) is 0 Å². The van der Waals surface area contributed by atoms with E-state index in [0.29, 0.717) is 55.7 Å². The Kier molecular flexibility index (Phi) is 20.1. The molecule has 4 aromatic rings. The first-order chi connectivity index (χ1) is 31.1. The normalized spacial score (nSPS) is 14.5. The fourth-order valence-corrected chi connectivity index (χ4v) is 7.44. The molecule has 0 aliphatic heterocycles. The maximum absolute atomic E-state index is 13.6. The summed E-state index contributed by atoms with van der Waals surface area (Å²) in [4.78, 5) is 26.3. The second kappa shape index (κ2) is 25.9. The Bertz CT molecular complexity index is 1990. The van der Waals surface area contributed by atoms with Gasteiger partial charge in [0.05, 0.1) is 32.5 Å². The van der Waals surface area contributed by atoms with Crippen LogP contribution in [0.2, 0.25) is 0 Å². The molecule has 348 valence electrons. The molecular weight excluding hydrogens is 823 g/mol. The highest BCUT2D eigenvalue weighted by molar-refractivity contribution is 5.79. The second-order valence-electron chi connectivity index (χ2n) is 15.6. The third-order valence-corrected chi connectivity index (χ3v) is 11.1. The second-order valence-corrected chi connectivity index (χ2v) is 15.6. The SMILES string of the molecule is CCOC(OC(CNCCCOCCC(C)CNC(=O)COc1ccc(C(NC(=O)OCC2c3ccccc3-c3ccccc32)c2ccc(OC)cc2OC)cc1)C(C)OC)C(O)O. The van der Waals surface area contributed by atoms with Crippen molar-refractivity contribution in [2.45, 2.75) is 70.4 Å². The molecule has 0 saturated heterocycles. The van der Waals surface area contributed by atoms with E-state index >= 15 is 0 Å². The lowest BCUT2D eigenvalue weighted by Crippen LogP contribution is -2.44. The van der Waals surface area contributed by atoms with Gasteiger partial charge in [-0.25, -0.2) is 4.79 Å². The van der Waals surface area contributed by atoms with Crippen LogP contribution < -0.4 is 30.2 Å². The average Bonchev–Trinajstić information content (AvgIpc) is 3.64. The van der Waals surface area contributed by atoms with E-state index in [1.807, 2.05) is 56.3 Å². The number of amides is 2. The predicted octanol–water partition coefficient (Wildman–Crippen LogP) is 5.94. The number of methoxy groups -OCH3 is 3.